The Kier molecular flexibility index (Phi) is 38.6. The van der Waals surface area contributed by atoms with Crippen molar-refractivity contribution in [3.8, 4) is 5.75 Å². The van der Waals surface area contributed by atoms with Crippen LogP contribution in [0.15, 0.2) is 102 Å². The number of aromatic hydroxyl groups is 1. The summed E-state index contributed by atoms with van der Waals surface area (Å²) in [5.41, 5.74) is 20.6. The van der Waals surface area contributed by atoms with Gasteiger partial charge in [0.25, 0.3) is 0 Å². The Morgan fingerprint density at radius 2 is 1.05 bits per heavy atom. The van der Waals surface area contributed by atoms with Gasteiger partial charge >= 0.3 is 0 Å². The number of carbonyl (C=O) groups is 17. The van der Waals surface area contributed by atoms with Crippen LogP contribution in [0.3, 0.4) is 0 Å². The zero-order valence-electron chi connectivity index (χ0n) is 77.1. The molecular weight excluding hydrogens is 1760 g/mol. The van der Waals surface area contributed by atoms with E-state index in [0.717, 1.165) is 26.5 Å². The molecule has 0 bridgehead atoms. The number of thioether (sulfide) groups is 1. The Bertz CT molecular complexity index is 5160. The van der Waals surface area contributed by atoms with Crippen LogP contribution in [0, 0.1) is 5.92 Å². The normalized spacial score (nSPS) is 25.7. The van der Waals surface area contributed by atoms with E-state index in [1.165, 1.54) is 54.4 Å². The number of fused-ring (bicyclic) bond motifs is 5. The van der Waals surface area contributed by atoms with Crippen LogP contribution in [-0.4, -0.2) is 312 Å². The summed E-state index contributed by atoms with van der Waals surface area (Å²) in [6.07, 6.45) is 5.77. The summed E-state index contributed by atoms with van der Waals surface area (Å²) in [4.78, 5) is 268. The average molecular weight is 1890 g/mol. The zero-order chi connectivity index (χ0) is 97.9. The minimum absolute atomic E-state index is 0.00779. The molecule has 15 atom stereocenters. The number of aliphatic imine (C=N–C) groups is 1. The maximum atomic E-state index is 15.7. The molecule has 5 aliphatic heterocycles. The van der Waals surface area contributed by atoms with Gasteiger partial charge in [0.15, 0.2) is 0 Å². The predicted octanol–water partition coefficient (Wildman–Crippen LogP) is -1.14. The van der Waals surface area contributed by atoms with Gasteiger partial charge in [-0.2, -0.15) is 0 Å². The van der Waals surface area contributed by atoms with Crippen molar-refractivity contribution in [1.82, 2.24) is 87.6 Å². The molecular formula is C93H129N21O20S. The number of unbranched alkanes of at least 4 members (excludes halogenated alkanes) is 2. The number of primary amides is 2. The third-order valence-electron chi connectivity index (χ3n) is 25.0. The second kappa shape index (κ2) is 49.9. The first-order valence-electron chi connectivity index (χ1n) is 46.3. The smallest absolute Gasteiger partial charge is 0.246 e. The number of nitrogens with two attached hydrogens (primary N) is 3. The number of aliphatic hydroxyl groups excluding tert-OH is 2. The fourth-order valence-electron chi connectivity index (χ4n) is 17.8. The van der Waals surface area contributed by atoms with Crippen molar-refractivity contribution in [3.05, 3.63) is 114 Å². The molecule has 0 radical (unpaired) electrons. The number of aromatic amines is 2. The first kappa shape index (κ1) is 104. The van der Waals surface area contributed by atoms with E-state index in [1.54, 1.807) is 81.0 Å². The van der Waals surface area contributed by atoms with Crippen LogP contribution < -0.4 is 70.4 Å². The molecule has 42 heteroatoms. The maximum Gasteiger partial charge on any atom is 0.246 e. The molecule has 0 saturated carbocycles. The van der Waals surface area contributed by atoms with Crippen LogP contribution in [-0.2, 0) is 101 Å². The Hall–Kier alpha value is -12.8. The summed E-state index contributed by atoms with van der Waals surface area (Å²) in [5.74, 6) is -16.7. The van der Waals surface area contributed by atoms with Crippen LogP contribution in [0.5, 0.6) is 5.75 Å². The lowest BCUT2D eigenvalue weighted by molar-refractivity contribution is -0.149. The van der Waals surface area contributed by atoms with Crippen LogP contribution in [0.25, 0.3) is 21.8 Å². The number of likely N-dealkylation sites (N-methyl/N-ethyl adjacent to an activating group) is 2. The number of para-hydroxylation sites is 2. The lowest BCUT2D eigenvalue weighted by atomic mass is 9.97. The number of hydrogen-bond donors (Lipinski definition) is 18. The molecule has 0 aliphatic carbocycles. The summed E-state index contributed by atoms with van der Waals surface area (Å²) in [7, 11) is 2.73. The van der Waals surface area contributed by atoms with Gasteiger partial charge in [-0.3, -0.25) is 86.5 Å². The van der Waals surface area contributed by atoms with Gasteiger partial charge in [0.1, 0.15) is 90.3 Å². The number of phenolic OH excluding ortho intramolecular Hbond substituents is 1. The van der Waals surface area contributed by atoms with Crippen LogP contribution in [0.1, 0.15) is 160 Å². The zero-order valence-corrected chi connectivity index (χ0v) is 77.9. The number of aromatic nitrogens is 2. The second-order valence-electron chi connectivity index (χ2n) is 35.6. The van der Waals surface area contributed by atoms with Crippen molar-refractivity contribution in [2.75, 3.05) is 64.9 Å². The summed E-state index contributed by atoms with van der Waals surface area (Å²) >= 11 is 0.805. The van der Waals surface area contributed by atoms with Crippen molar-refractivity contribution >= 4 is 140 Å². The molecule has 5 aromatic rings. The molecule has 732 valence electrons. The molecule has 0 unspecified atom stereocenters. The lowest BCUT2D eigenvalue weighted by Gasteiger charge is -2.38. The Morgan fingerprint density at radius 3 is 1.64 bits per heavy atom. The number of amides is 17. The monoisotopic (exact) mass is 1890 g/mol. The lowest BCUT2D eigenvalue weighted by Crippen LogP contribution is -2.62. The number of nitrogens with zero attached hydrogens (tertiary/aromatic N) is 6. The molecule has 17 amide bonds. The summed E-state index contributed by atoms with van der Waals surface area (Å²) in [5, 5.41) is 61.2. The van der Waals surface area contributed by atoms with Crippen molar-refractivity contribution in [3.63, 3.8) is 0 Å². The molecule has 135 heavy (non-hydrogen) atoms. The molecule has 4 fully saturated rings. The minimum Gasteiger partial charge on any atom is -0.508 e. The third kappa shape index (κ3) is 28.4. The Morgan fingerprint density at radius 1 is 0.533 bits per heavy atom. The second-order valence-corrected chi connectivity index (χ2v) is 36.6. The SMILES string of the molecule is CCCC[C@H]1C(=O)N(C)[C@@H](CCCC)C(=O)N[C@@H](CCCN)C(=O)N[C@H](C(=O)NCC(N)=O)CSCC(=O)N[C@@H](Cc2ccc(O)cc2)C(=O)N2CCCC[C@H]2C(=O)N[C@@H](CC(N)=O)C(=O)N2CCC[C@H]2C(=O)N[C@@H](CC2=CN=CC2)C(=O)N[C@@H](CC(C)C)C(=O)N2C[C@H](O)C[C@H]2C(=O)N[C@@H](Cc2c[nH]c3ccccc23)C(=O)N[C@@H](CO)C(=O)N[C@@H](Cc2c[nH]c3ccccc23)C(=O)N1C. The molecule has 2 aromatic heterocycles. The van der Waals surface area contributed by atoms with E-state index in [9.17, 15) is 44.1 Å². The minimum atomic E-state index is -1.88. The molecule has 10 rings (SSSR count). The molecule has 3 aromatic carbocycles. The van der Waals surface area contributed by atoms with Crippen LogP contribution in [0.2, 0.25) is 0 Å². The highest BCUT2D eigenvalue weighted by Crippen LogP contribution is 2.30. The van der Waals surface area contributed by atoms with E-state index in [0.29, 0.717) is 82.6 Å². The highest BCUT2D eigenvalue weighted by molar-refractivity contribution is 8.00. The van der Waals surface area contributed by atoms with Crippen LogP contribution >= 0.6 is 11.8 Å². The van der Waals surface area contributed by atoms with Gasteiger partial charge in [-0.1, -0.05) is 102 Å². The van der Waals surface area contributed by atoms with Crippen molar-refractivity contribution in [2.24, 2.45) is 28.1 Å². The number of carbonyl (C=O) groups excluding carboxylic acids is 17. The van der Waals surface area contributed by atoms with Gasteiger partial charge in [-0.15, -0.1) is 11.8 Å². The average Bonchev–Trinajstić information content (AvgIpc) is 1.43. The molecule has 7 heterocycles. The quantitative estimate of drug-likeness (QED) is 0.0328. The van der Waals surface area contributed by atoms with Gasteiger partial charge in [-0.25, -0.2) is 0 Å². The summed E-state index contributed by atoms with van der Waals surface area (Å²) < 4.78 is 0. The number of H-pyrrole nitrogens is 2. The maximum absolute atomic E-state index is 15.7. The van der Waals surface area contributed by atoms with Crippen molar-refractivity contribution < 1.29 is 96.8 Å². The molecule has 41 nitrogen and oxygen atoms in total. The number of phenols is 1. The fraction of sp³-hybridized carbons (Fsp3) is 0.548. The van der Waals surface area contributed by atoms with Crippen molar-refractivity contribution in [2.45, 2.75) is 253 Å². The van der Waals surface area contributed by atoms with Gasteiger partial charge in [0.05, 0.1) is 31.4 Å². The predicted molar refractivity (Wildman–Crippen MR) is 500 cm³/mol. The van der Waals surface area contributed by atoms with E-state index in [4.69, 9.17) is 17.2 Å². The number of nitrogens with one attached hydrogen (secondary N) is 12. The Balaban J connectivity index is 1.02. The molecule has 5 aliphatic rings. The number of benzene rings is 3. The topological polar surface area (TPSA) is 609 Å². The highest BCUT2D eigenvalue weighted by Gasteiger charge is 2.48. The van der Waals surface area contributed by atoms with Crippen LogP contribution in [0.4, 0.5) is 0 Å². The van der Waals surface area contributed by atoms with E-state index < -0.39 is 229 Å². The van der Waals surface area contributed by atoms with E-state index >= 15 is 52.7 Å². The summed E-state index contributed by atoms with van der Waals surface area (Å²) in [6.45, 7) is 4.87. The number of aliphatic hydroxyl groups is 2. The van der Waals surface area contributed by atoms with E-state index in [2.05, 4.69) is 68.1 Å². The van der Waals surface area contributed by atoms with Gasteiger partial charge < -0.3 is 120 Å². The molecule has 0 spiro atoms. The van der Waals surface area contributed by atoms with Gasteiger partial charge in [-0.05, 0) is 130 Å². The van der Waals surface area contributed by atoms with Crippen molar-refractivity contribution in [1.29, 1.82) is 0 Å². The summed E-state index contributed by atoms with van der Waals surface area (Å²) in [6, 6.07) is -1.33. The molecule has 21 N–H and O–H groups in total. The molecule has 4 saturated heterocycles. The third-order valence-corrected chi connectivity index (χ3v) is 26.1. The first-order valence-corrected chi connectivity index (χ1v) is 47.4. The van der Waals surface area contributed by atoms with Gasteiger partial charge in [0, 0.05) is 118 Å². The fourth-order valence-corrected chi connectivity index (χ4v) is 18.6. The van der Waals surface area contributed by atoms with E-state index in [1.807, 2.05) is 13.8 Å². The Labute approximate surface area is 786 Å². The highest BCUT2D eigenvalue weighted by atomic mass is 32.2. The number of piperidine rings is 1. The standard InChI is InChI=1S/C93H129N21O20S/c1-7-9-24-72-85(126)102-63(23-17-33-94)81(122)109-71(80(121)100-47-78(96)119)50-135-51-79(120)101-67(38-53-28-30-57(116)31-29-53)90(131)112-35-16-15-26-73(112)87(128)107-69(43-77(95)118)91(132)113-36-18-27-74(113)86(127)103-64(39-54-32-34-97-44-54)82(123)105-66(37-52(3)4)92(133)114-48-58(117)42-76(114)88(129)104-65(40-55-45-98-61-21-13-11-19-59(55)61)83(124)108-70(49-115)84(125)106-68(41-56-46-99-62-22-14-12-20-60(56)62)89(130)111(6)75(25-10-8-2)93(134)110(72)5/h11-14,19-22,28-31,34,44-46,52,58,63-76,98-99,115-117H,7-10,15-18,23-27,32-33,35-43,47-51,94H2,1-6H3,(H2,95,118)(H2,96,119)(H,100,121)(H,101,120)(H,102,126)(H,103,127)(H,104,129)(H,105,123)(H,106,125)(H,107,128)(H,108,124)(H,109,122)/t58-,63+,64+,65+,66+,67+,68+,69+,70+,71+,72+,73+,74+,75+,76+/m1/s1. The van der Waals surface area contributed by atoms with E-state index in [-0.39, 0.29) is 121 Å². The largest absolute Gasteiger partial charge is 0.508 e. The van der Waals surface area contributed by atoms with Gasteiger partial charge in [0.2, 0.25) is 100 Å². The number of rotatable bonds is 25. The first-order chi connectivity index (χ1) is 64.6. The number of hydrogen-bond acceptors (Lipinski definition) is 23.